The van der Waals surface area contributed by atoms with Crippen LogP contribution < -0.4 is 18.9 Å². The Morgan fingerprint density at radius 2 is 1.76 bits per heavy atom. The summed E-state index contributed by atoms with van der Waals surface area (Å²) in [5.74, 6) is 0.192. The largest absolute Gasteiger partial charge is 0.493 e. The van der Waals surface area contributed by atoms with Crippen molar-refractivity contribution in [2.45, 2.75) is 42.9 Å². The third-order valence-electron chi connectivity index (χ3n) is 6.02. The average molecular weight is 524 g/mol. The van der Waals surface area contributed by atoms with E-state index in [-0.39, 0.29) is 23.9 Å². The van der Waals surface area contributed by atoms with Crippen LogP contribution in [0.3, 0.4) is 0 Å². The molecule has 0 radical (unpaired) electrons. The number of rotatable bonds is 9. The van der Waals surface area contributed by atoms with Crippen molar-refractivity contribution in [2.24, 2.45) is 0 Å². The molecule has 6 N–H and O–H groups in total. The van der Waals surface area contributed by atoms with E-state index in [0.29, 0.717) is 17.1 Å². The van der Waals surface area contributed by atoms with Gasteiger partial charge in [0, 0.05) is 0 Å². The summed E-state index contributed by atoms with van der Waals surface area (Å²) in [6, 6.07) is 8.76. The van der Waals surface area contributed by atoms with Gasteiger partial charge in [0.15, 0.2) is 29.1 Å². The highest BCUT2D eigenvalue weighted by atomic mass is 16.7. The lowest BCUT2D eigenvalue weighted by Gasteiger charge is -2.39. The monoisotopic (exact) mass is 524 g/mol. The van der Waals surface area contributed by atoms with E-state index in [2.05, 4.69) is 0 Å². The van der Waals surface area contributed by atoms with E-state index in [1.807, 2.05) is 0 Å². The van der Waals surface area contributed by atoms with Crippen LogP contribution >= 0.6 is 0 Å². The van der Waals surface area contributed by atoms with Gasteiger partial charge < -0.3 is 59.1 Å². The fourth-order valence-corrected chi connectivity index (χ4v) is 3.91. The molecule has 2 heterocycles. The average Bonchev–Trinajstić information content (AvgIpc) is 3.39. The Hall–Kier alpha value is -3.17. The van der Waals surface area contributed by atoms with Crippen molar-refractivity contribution < 1.29 is 63.9 Å². The van der Waals surface area contributed by atoms with Crippen LogP contribution in [0.1, 0.15) is 22.0 Å². The van der Waals surface area contributed by atoms with E-state index in [9.17, 15) is 35.4 Å². The van der Waals surface area contributed by atoms with Crippen molar-refractivity contribution >= 4 is 5.97 Å². The Morgan fingerprint density at radius 3 is 2.46 bits per heavy atom. The maximum Gasteiger partial charge on any atom is 0.340 e. The molecular formula is C24H28O13. The van der Waals surface area contributed by atoms with Crippen molar-refractivity contribution in [2.75, 3.05) is 27.1 Å². The van der Waals surface area contributed by atoms with E-state index in [1.54, 1.807) is 18.2 Å². The zero-order valence-electron chi connectivity index (χ0n) is 19.7. The van der Waals surface area contributed by atoms with Gasteiger partial charge >= 0.3 is 5.97 Å². The second-order valence-corrected chi connectivity index (χ2v) is 8.36. The number of carbonyl (C=O) groups is 1. The predicted molar refractivity (Wildman–Crippen MR) is 121 cm³/mol. The first-order valence-corrected chi connectivity index (χ1v) is 11.3. The molecule has 202 valence electrons. The lowest BCUT2D eigenvalue weighted by molar-refractivity contribution is -0.285. The van der Waals surface area contributed by atoms with Gasteiger partial charge in [-0.2, -0.15) is 0 Å². The molecule has 0 unspecified atom stereocenters. The van der Waals surface area contributed by atoms with Gasteiger partial charge in [0.05, 0.1) is 25.9 Å². The maximum absolute atomic E-state index is 12.7. The van der Waals surface area contributed by atoms with E-state index in [4.69, 9.17) is 28.4 Å². The minimum absolute atomic E-state index is 0.0435. The van der Waals surface area contributed by atoms with Crippen molar-refractivity contribution in [3.63, 3.8) is 0 Å². The molecule has 2 aromatic rings. The first kappa shape index (κ1) is 26.9. The van der Waals surface area contributed by atoms with E-state index >= 15 is 0 Å². The van der Waals surface area contributed by atoms with Gasteiger partial charge in [0.25, 0.3) is 0 Å². The number of hydrogen-bond donors (Lipinski definition) is 6. The number of esters is 1. The van der Waals surface area contributed by atoms with Crippen LogP contribution in [0.5, 0.6) is 23.0 Å². The maximum atomic E-state index is 12.7. The van der Waals surface area contributed by atoms with Gasteiger partial charge in [0.1, 0.15) is 30.5 Å². The second kappa shape index (κ2) is 11.5. The lowest BCUT2D eigenvalue weighted by Crippen LogP contribution is -2.59. The smallest absolute Gasteiger partial charge is 0.340 e. The molecule has 0 spiro atoms. The zero-order valence-corrected chi connectivity index (χ0v) is 19.7. The highest BCUT2D eigenvalue weighted by Gasteiger charge is 2.45. The molecular weight excluding hydrogens is 496 g/mol. The van der Waals surface area contributed by atoms with Crippen LogP contribution in [0, 0.1) is 0 Å². The zero-order chi connectivity index (χ0) is 26.7. The van der Waals surface area contributed by atoms with Crippen LogP contribution in [-0.4, -0.2) is 101 Å². The fourth-order valence-electron chi connectivity index (χ4n) is 3.91. The van der Waals surface area contributed by atoms with Crippen molar-refractivity contribution in [3.8, 4) is 23.0 Å². The highest BCUT2D eigenvalue weighted by molar-refractivity contribution is 5.90. The number of benzene rings is 2. The first-order chi connectivity index (χ1) is 17.8. The standard InChI is InChI=1S/C24H28O13/c1-32-15-7-12(23(31)37-24-22(30)21(29)20(28)18(9-26)36-24)3-5-14(15)35-17(8-25)19(27)11-2-4-13-16(6-11)34-10-33-13/h2-7,17-22,24-30H,8-10H2,1H3/t17-,18-,19+,20-,21+,22-,24+/m1/s1. The van der Waals surface area contributed by atoms with Crippen LogP contribution in [-0.2, 0) is 9.47 Å². The summed E-state index contributed by atoms with van der Waals surface area (Å²) in [5, 5.41) is 59.7. The van der Waals surface area contributed by atoms with Gasteiger partial charge in [0.2, 0.25) is 13.1 Å². The predicted octanol–water partition coefficient (Wildman–Crippen LogP) is -1.15. The van der Waals surface area contributed by atoms with Crippen LogP contribution in [0.25, 0.3) is 0 Å². The Balaban J connectivity index is 1.46. The second-order valence-electron chi connectivity index (χ2n) is 8.36. The molecule has 4 rings (SSSR count). The number of hydrogen-bond acceptors (Lipinski definition) is 13. The molecule has 7 atom stereocenters. The molecule has 2 aliphatic rings. The molecule has 2 aliphatic heterocycles. The summed E-state index contributed by atoms with van der Waals surface area (Å²) in [5.41, 5.74) is 0.375. The molecule has 1 fully saturated rings. The summed E-state index contributed by atoms with van der Waals surface area (Å²) in [6.45, 7) is -1.17. The van der Waals surface area contributed by atoms with E-state index < -0.39 is 62.1 Å². The molecule has 0 bridgehead atoms. The molecule has 13 nitrogen and oxygen atoms in total. The number of aliphatic hydroxyl groups excluding tert-OH is 6. The summed E-state index contributed by atoms with van der Waals surface area (Å²) in [4.78, 5) is 12.7. The van der Waals surface area contributed by atoms with Crippen molar-refractivity contribution in [1.29, 1.82) is 0 Å². The van der Waals surface area contributed by atoms with Crippen LogP contribution in [0.15, 0.2) is 36.4 Å². The summed E-state index contributed by atoms with van der Waals surface area (Å²) in [6.07, 6.45) is -10.3. The van der Waals surface area contributed by atoms with E-state index in [1.165, 1.54) is 25.3 Å². The third kappa shape index (κ3) is 5.57. The van der Waals surface area contributed by atoms with Crippen molar-refractivity contribution in [1.82, 2.24) is 0 Å². The number of carbonyl (C=O) groups excluding carboxylic acids is 1. The normalized spacial score (nSPS) is 26.3. The van der Waals surface area contributed by atoms with Crippen molar-refractivity contribution in [3.05, 3.63) is 47.5 Å². The molecule has 0 aromatic heterocycles. The minimum atomic E-state index is -1.76. The number of methoxy groups -OCH3 is 1. The minimum Gasteiger partial charge on any atom is -0.493 e. The fraction of sp³-hybridized carbons (Fsp3) is 0.458. The van der Waals surface area contributed by atoms with Gasteiger partial charge in [-0.1, -0.05) is 6.07 Å². The Bertz CT molecular complexity index is 1090. The van der Waals surface area contributed by atoms with Crippen LogP contribution in [0.2, 0.25) is 0 Å². The number of fused-ring (bicyclic) bond motifs is 1. The van der Waals surface area contributed by atoms with Gasteiger partial charge in [-0.25, -0.2) is 4.79 Å². The highest BCUT2D eigenvalue weighted by Crippen LogP contribution is 2.36. The topological polar surface area (TPSA) is 194 Å². The number of aliphatic hydroxyl groups is 6. The summed E-state index contributed by atoms with van der Waals surface area (Å²) < 4.78 is 31.9. The Morgan fingerprint density at radius 1 is 1.00 bits per heavy atom. The summed E-state index contributed by atoms with van der Waals surface area (Å²) >= 11 is 0. The molecule has 0 amide bonds. The van der Waals surface area contributed by atoms with Crippen LogP contribution in [0.4, 0.5) is 0 Å². The molecule has 0 saturated carbocycles. The molecule has 13 heteroatoms. The first-order valence-electron chi connectivity index (χ1n) is 11.3. The Kier molecular flexibility index (Phi) is 8.34. The molecule has 1 saturated heterocycles. The van der Waals surface area contributed by atoms with Gasteiger partial charge in [-0.15, -0.1) is 0 Å². The summed E-state index contributed by atoms with van der Waals surface area (Å²) in [7, 11) is 1.32. The van der Waals surface area contributed by atoms with E-state index in [0.717, 1.165) is 0 Å². The SMILES string of the molecule is COc1cc(C(=O)O[C@@H]2O[C@H](CO)[C@@H](O)[C@H](O)[C@H]2O)ccc1O[C@H](CO)[C@@H](O)c1ccc2c(c1)OCO2. The molecule has 37 heavy (non-hydrogen) atoms. The quantitative estimate of drug-likeness (QED) is 0.216. The number of ether oxygens (including phenoxy) is 6. The lowest BCUT2D eigenvalue weighted by atomic mass is 9.99. The third-order valence-corrected chi connectivity index (χ3v) is 6.02. The van der Waals surface area contributed by atoms with Gasteiger partial charge in [-0.3, -0.25) is 0 Å². The molecule has 0 aliphatic carbocycles. The van der Waals surface area contributed by atoms with Gasteiger partial charge in [-0.05, 0) is 35.9 Å². The molecule has 2 aromatic carbocycles. The Labute approximate surface area is 210 Å².